The minimum Gasteiger partial charge on any atom is -0.504 e. The number of hydrogen-bond acceptors (Lipinski definition) is 8. The van der Waals surface area contributed by atoms with E-state index in [-0.39, 0.29) is 11.8 Å². The number of aromatic hydroxyl groups is 1. The standard InChI is InChI=1S/C18H19N3O4S/c1-23-15-5-4-12(9-14(15)22)10-21-6-7-24-11-13(21)18-19-17(20-25-18)16-3-2-8-26-16/h2-5,8-9,13,22H,6-7,10-11H2,1H3/t13-/m1/s1. The summed E-state index contributed by atoms with van der Waals surface area (Å²) >= 11 is 1.57. The van der Waals surface area contributed by atoms with Crippen molar-refractivity contribution in [2.24, 2.45) is 0 Å². The highest BCUT2D eigenvalue weighted by molar-refractivity contribution is 7.13. The Labute approximate surface area is 154 Å². The molecule has 1 fully saturated rings. The molecule has 8 heteroatoms. The van der Waals surface area contributed by atoms with Crippen molar-refractivity contribution in [1.82, 2.24) is 15.0 Å². The van der Waals surface area contributed by atoms with Crippen molar-refractivity contribution >= 4 is 11.3 Å². The van der Waals surface area contributed by atoms with E-state index in [9.17, 15) is 5.11 Å². The number of thiophene rings is 1. The average Bonchev–Trinajstić information content (AvgIpc) is 3.34. The van der Waals surface area contributed by atoms with E-state index in [4.69, 9.17) is 14.0 Å². The summed E-state index contributed by atoms with van der Waals surface area (Å²) in [6.07, 6.45) is 0. The SMILES string of the molecule is COc1ccc(CN2CCOC[C@@H]2c2nc(-c3cccs3)no2)cc1O. The molecule has 0 spiro atoms. The molecule has 0 amide bonds. The van der Waals surface area contributed by atoms with Gasteiger partial charge in [0.2, 0.25) is 11.7 Å². The van der Waals surface area contributed by atoms with E-state index in [1.807, 2.05) is 23.6 Å². The summed E-state index contributed by atoms with van der Waals surface area (Å²) in [7, 11) is 1.54. The fraction of sp³-hybridized carbons (Fsp3) is 0.333. The Morgan fingerprint density at radius 1 is 1.38 bits per heavy atom. The fourth-order valence-electron chi connectivity index (χ4n) is 3.00. The highest BCUT2D eigenvalue weighted by Gasteiger charge is 2.30. The molecule has 3 heterocycles. The minimum absolute atomic E-state index is 0.116. The minimum atomic E-state index is -0.116. The van der Waals surface area contributed by atoms with Gasteiger partial charge in [0, 0.05) is 13.1 Å². The summed E-state index contributed by atoms with van der Waals surface area (Å²) < 4.78 is 16.2. The van der Waals surface area contributed by atoms with E-state index < -0.39 is 0 Å². The largest absolute Gasteiger partial charge is 0.504 e. The third-order valence-electron chi connectivity index (χ3n) is 4.34. The van der Waals surface area contributed by atoms with Crippen LogP contribution in [-0.4, -0.2) is 47.0 Å². The number of aromatic nitrogens is 2. The Hall–Kier alpha value is -2.42. The van der Waals surface area contributed by atoms with Crippen LogP contribution in [0.4, 0.5) is 0 Å². The second-order valence-electron chi connectivity index (χ2n) is 6.00. The lowest BCUT2D eigenvalue weighted by atomic mass is 10.1. The van der Waals surface area contributed by atoms with Crippen LogP contribution in [0.25, 0.3) is 10.7 Å². The molecule has 26 heavy (non-hydrogen) atoms. The zero-order valence-electron chi connectivity index (χ0n) is 14.3. The summed E-state index contributed by atoms with van der Waals surface area (Å²) in [6, 6.07) is 9.24. The van der Waals surface area contributed by atoms with Gasteiger partial charge < -0.3 is 19.1 Å². The van der Waals surface area contributed by atoms with Gasteiger partial charge in [-0.2, -0.15) is 4.98 Å². The van der Waals surface area contributed by atoms with Crippen LogP contribution in [0.1, 0.15) is 17.5 Å². The number of ether oxygens (including phenoxy) is 2. The molecule has 1 aliphatic rings. The second kappa shape index (κ2) is 7.45. The van der Waals surface area contributed by atoms with Gasteiger partial charge in [-0.3, -0.25) is 4.90 Å². The Kier molecular flexibility index (Phi) is 4.87. The molecular weight excluding hydrogens is 354 g/mol. The first-order valence-electron chi connectivity index (χ1n) is 8.30. The Morgan fingerprint density at radius 2 is 2.31 bits per heavy atom. The summed E-state index contributed by atoms with van der Waals surface area (Å²) in [5, 5.41) is 16.1. The third-order valence-corrected chi connectivity index (χ3v) is 5.20. The number of phenols is 1. The first kappa shape index (κ1) is 17.0. The van der Waals surface area contributed by atoms with Crippen molar-refractivity contribution in [3.05, 3.63) is 47.2 Å². The number of nitrogens with zero attached hydrogens (tertiary/aromatic N) is 3. The molecule has 0 aliphatic carbocycles. The topological polar surface area (TPSA) is 80.9 Å². The molecule has 136 valence electrons. The summed E-state index contributed by atoms with van der Waals surface area (Å²) in [6.45, 7) is 2.52. The molecule has 0 unspecified atom stereocenters. The molecule has 1 N–H and O–H groups in total. The van der Waals surface area contributed by atoms with Gasteiger partial charge in [0.05, 0.1) is 25.2 Å². The highest BCUT2D eigenvalue weighted by Crippen LogP contribution is 2.31. The van der Waals surface area contributed by atoms with Crippen molar-refractivity contribution in [3.8, 4) is 22.2 Å². The van der Waals surface area contributed by atoms with E-state index in [2.05, 4.69) is 15.0 Å². The Bertz CT molecular complexity index is 865. The van der Waals surface area contributed by atoms with Crippen molar-refractivity contribution in [1.29, 1.82) is 0 Å². The molecule has 1 aliphatic heterocycles. The van der Waals surface area contributed by atoms with Crippen molar-refractivity contribution in [2.45, 2.75) is 12.6 Å². The molecule has 3 aromatic rings. The fourth-order valence-corrected chi connectivity index (χ4v) is 3.65. The lowest BCUT2D eigenvalue weighted by Crippen LogP contribution is -2.39. The van der Waals surface area contributed by atoms with E-state index >= 15 is 0 Å². The first-order valence-corrected chi connectivity index (χ1v) is 9.17. The zero-order chi connectivity index (χ0) is 17.9. The Balaban J connectivity index is 1.54. The molecular formula is C18H19N3O4S. The average molecular weight is 373 g/mol. The van der Waals surface area contributed by atoms with E-state index in [0.717, 1.165) is 17.0 Å². The predicted octanol–water partition coefficient (Wildman–Crippen LogP) is 3.09. The number of rotatable bonds is 5. The van der Waals surface area contributed by atoms with Crippen molar-refractivity contribution < 1.29 is 19.1 Å². The molecule has 7 nitrogen and oxygen atoms in total. The van der Waals surface area contributed by atoms with Crippen LogP contribution >= 0.6 is 11.3 Å². The van der Waals surface area contributed by atoms with Crippen LogP contribution < -0.4 is 4.74 Å². The maximum atomic E-state index is 10.0. The van der Waals surface area contributed by atoms with Gasteiger partial charge in [-0.25, -0.2) is 0 Å². The quantitative estimate of drug-likeness (QED) is 0.736. The van der Waals surface area contributed by atoms with Crippen LogP contribution in [0.3, 0.4) is 0 Å². The van der Waals surface area contributed by atoms with Crippen molar-refractivity contribution in [3.63, 3.8) is 0 Å². The predicted molar refractivity (Wildman–Crippen MR) is 96.2 cm³/mol. The zero-order valence-corrected chi connectivity index (χ0v) is 15.1. The molecule has 0 saturated carbocycles. The number of benzene rings is 1. The molecule has 0 bridgehead atoms. The van der Waals surface area contributed by atoms with Gasteiger partial charge >= 0.3 is 0 Å². The lowest BCUT2D eigenvalue weighted by Gasteiger charge is -2.33. The van der Waals surface area contributed by atoms with Gasteiger partial charge in [0.1, 0.15) is 6.04 Å². The summed E-state index contributed by atoms with van der Waals surface area (Å²) in [4.78, 5) is 7.75. The molecule has 1 saturated heterocycles. The molecule has 2 aromatic heterocycles. The van der Waals surface area contributed by atoms with Gasteiger partial charge in [-0.1, -0.05) is 17.3 Å². The van der Waals surface area contributed by atoms with E-state index in [0.29, 0.717) is 37.2 Å². The number of phenolic OH excluding ortho intramolecular Hbond substituents is 1. The van der Waals surface area contributed by atoms with Gasteiger partial charge in [-0.05, 0) is 29.1 Å². The first-order chi connectivity index (χ1) is 12.7. The summed E-state index contributed by atoms with van der Waals surface area (Å²) in [5.74, 6) is 1.74. The van der Waals surface area contributed by atoms with Crippen LogP contribution in [0.5, 0.6) is 11.5 Å². The van der Waals surface area contributed by atoms with Crippen molar-refractivity contribution in [2.75, 3.05) is 26.9 Å². The molecule has 1 aromatic carbocycles. The third kappa shape index (κ3) is 3.44. The number of hydrogen-bond donors (Lipinski definition) is 1. The number of methoxy groups -OCH3 is 1. The molecule has 1 atom stereocenters. The van der Waals surface area contributed by atoms with E-state index in [1.165, 1.54) is 7.11 Å². The van der Waals surface area contributed by atoms with Gasteiger partial charge in [0.25, 0.3) is 0 Å². The normalized spacial score (nSPS) is 18.1. The smallest absolute Gasteiger partial charge is 0.246 e. The molecule has 4 rings (SSSR count). The van der Waals surface area contributed by atoms with Gasteiger partial charge in [0.15, 0.2) is 11.5 Å². The second-order valence-corrected chi connectivity index (χ2v) is 6.95. The lowest BCUT2D eigenvalue weighted by molar-refractivity contribution is -0.0241. The maximum Gasteiger partial charge on any atom is 0.246 e. The molecule has 0 radical (unpaired) electrons. The van der Waals surface area contributed by atoms with Crippen LogP contribution in [0.15, 0.2) is 40.2 Å². The Morgan fingerprint density at radius 3 is 3.08 bits per heavy atom. The monoisotopic (exact) mass is 373 g/mol. The van der Waals surface area contributed by atoms with Crippen LogP contribution in [0.2, 0.25) is 0 Å². The maximum absolute atomic E-state index is 10.0. The van der Waals surface area contributed by atoms with E-state index in [1.54, 1.807) is 23.5 Å². The van der Waals surface area contributed by atoms with Gasteiger partial charge in [-0.15, -0.1) is 11.3 Å². The van der Waals surface area contributed by atoms with Crippen LogP contribution in [-0.2, 0) is 11.3 Å². The highest BCUT2D eigenvalue weighted by atomic mass is 32.1. The number of morpholine rings is 1. The summed E-state index contributed by atoms with van der Waals surface area (Å²) in [5.41, 5.74) is 0.980. The van der Waals surface area contributed by atoms with Crippen LogP contribution in [0, 0.1) is 0 Å².